The van der Waals surface area contributed by atoms with Crippen molar-refractivity contribution in [2.45, 2.75) is 13.8 Å². The predicted molar refractivity (Wildman–Crippen MR) is 36.5 cm³/mol. The number of nitrogens with one attached hydrogen (secondary N) is 2. The normalized spacial score (nSPS) is 7.40. The molecule has 0 unspecified atom stereocenters. The number of H-pyrrole nitrogens is 1. The van der Waals surface area contributed by atoms with Crippen LogP contribution in [0.5, 0.6) is 0 Å². The number of rotatable bonds is 0. The Labute approximate surface area is 58.8 Å². The Bertz CT molecular complexity index is 206. The first kappa shape index (κ1) is 8.59. The van der Waals surface area contributed by atoms with Crippen molar-refractivity contribution in [3.05, 3.63) is 17.5 Å². The molecule has 1 aromatic rings. The van der Waals surface area contributed by atoms with E-state index >= 15 is 0 Å². The fourth-order valence-corrected chi connectivity index (χ4v) is 0.419. The van der Waals surface area contributed by atoms with Crippen molar-refractivity contribution in [2.24, 2.45) is 0 Å². The smallest absolute Gasteiger partial charge is 0.231 e. The van der Waals surface area contributed by atoms with Gasteiger partial charge in [-0.15, -0.1) is 0 Å². The fraction of sp³-hybridized carbons (Fsp3) is 0.333. The molecule has 10 heavy (non-hydrogen) atoms. The van der Waals surface area contributed by atoms with Crippen molar-refractivity contribution in [2.75, 3.05) is 0 Å². The molecule has 1 rings (SSSR count). The lowest BCUT2D eigenvalue weighted by molar-refractivity contribution is 0.563. The van der Waals surface area contributed by atoms with Crippen LogP contribution in [-0.2, 0) is 4.79 Å². The van der Waals surface area contributed by atoms with E-state index in [1.807, 2.05) is 20.0 Å². The third kappa shape index (κ3) is 2.79. The third-order valence-electron chi connectivity index (χ3n) is 1.08. The van der Waals surface area contributed by atoms with Gasteiger partial charge in [-0.1, -0.05) is 0 Å². The van der Waals surface area contributed by atoms with Gasteiger partial charge >= 0.3 is 0 Å². The van der Waals surface area contributed by atoms with Crippen LogP contribution >= 0.6 is 0 Å². The van der Waals surface area contributed by atoms with Crippen LogP contribution in [0.2, 0.25) is 0 Å². The Morgan fingerprint density at radius 1 is 1.70 bits per heavy atom. The lowest BCUT2D eigenvalue weighted by Gasteiger charge is -1.76. The van der Waals surface area contributed by atoms with Crippen LogP contribution in [0.25, 0.3) is 0 Å². The van der Waals surface area contributed by atoms with E-state index in [1.54, 1.807) is 0 Å². The van der Waals surface area contributed by atoms with Crippen LogP contribution in [0.4, 0.5) is 0 Å². The minimum Gasteiger partial charge on any atom is -0.285 e. The van der Waals surface area contributed by atoms with Crippen molar-refractivity contribution in [1.29, 1.82) is 5.41 Å². The lowest BCUT2D eigenvalue weighted by atomic mass is 10.3. The summed E-state index contributed by atoms with van der Waals surface area (Å²) in [4.78, 5) is 8.35. The van der Waals surface area contributed by atoms with E-state index < -0.39 is 0 Å². The Morgan fingerprint density at radius 3 is 2.30 bits per heavy atom. The van der Waals surface area contributed by atoms with Crippen LogP contribution < -0.4 is 0 Å². The molecule has 0 aromatic carbocycles. The van der Waals surface area contributed by atoms with Gasteiger partial charge < -0.3 is 0 Å². The summed E-state index contributed by atoms with van der Waals surface area (Å²) in [5, 5.41) is 12.0. The highest BCUT2D eigenvalue weighted by Crippen LogP contribution is 1.96. The molecule has 0 saturated heterocycles. The molecule has 0 bridgehead atoms. The summed E-state index contributed by atoms with van der Waals surface area (Å²) in [6.07, 6.45) is 2.63. The quantitative estimate of drug-likeness (QED) is 0.414. The molecule has 0 saturated carbocycles. The number of aromatic amines is 1. The third-order valence-corrected chi connectivity index (χ3v) is 1.08. The van der Waals surface area contributed by atoms with Gasteiger partial charge in [0, 0.05) is 6.20 Å². The molecule has 0 aliphatic rings. The molecule has 0 spiro atoms. The minimum atomic E-state index is 0.750. The van der Waals surface area contributed by atoms with E-state index in [4.69, 9.17) is 10.2 Å². The molecular formula is C6H9N3O. The Kier molecular flexibility index (Phi) is 3.84. The largest absolute Gasteiger partial charge is 0.285 e. The molecular weight excluding hydrogens is 130 g/mol. The van der Waals surface area contributed by atoms with E-state index in [0.29, 0.717) is 0 Å². The molecule has 0 aliphatic heterocycles. The highest BCUT2D eigenvalue weighted by molar-refractivity contribution is 5.26. The van der Waals surface area contributed by atoms with Crippen LogP contribution in [0, 0.1) is 19.3 Å². The summed E-state index contributed by atoms with van der Waals surface area (Å²) in [6, 6.07) is 0. The Balaban J connectivity index is 0.000000236. The molecule has 0 atom stereocenters. The van der Waals surface area contributed by atoms with E-state index in [-0.39, 0.29) is 0 Å². The summed E-state index contributed by atoms with van der Waals surface area (Å²) in [5.74, 6) is 0. The average Bonchev–Trinajstić information content (AvgIpc) is 2.19. The first-order valence-electron chi connectivity index (χ1n) is 2.73. The molecule has 2 N–H and O–H groups in total. The Hall–Kier alpha value is -1.41. The number of isocyanates is 1. The molecule has 0 fully saturated rings. The number of hydrogen-bond donors (Lipinski definition) is 2. The predicted octanol–water partition coefficient (Wildman–Crippen LogP) is 0.928. The van der Waals surface area contributed by atoms with Crippen molar-refractivity contribution >= 4 is 6.08 Å². The lowest BCUT2D eigenvalue weighted by Crippen LogP contribution is -1.70. The van der Waals surface area contributed by atoms with Crippen molar-refractivity contribution in [1.82, 2.24) is 10.2 Å². The van der Waals surface area contributed by atoms with E-state index in [9.17, 15) is 0 Å². The monoisotopic (exact) mass is 139 g/mol. The number of carbonyl (C=O) groups excluding carboxylic acids is 1. The first-order valence-corrected chi connectivity index (χ1v) is 2.73. The van der Waals surface area contributed by atoms with Crippen molar-refractivity contribution in [3.8, 4) is 0 Å². The van der Waals surface area contributed by atoms with E-state index in [2.05, 4.69) is 10.2 Å². The maximum Gasteiger partial charge on any atom is 0.231 e. The highest BCUT2D eigenvalue weighted by atomic mass is 16.1. The van der Waals surface area contributed by atoms with Gasteiger partial charge in [0.1, 0.15) is 0 Å². The molecule has 4 nitrogen and oxygen atoms in total. The SMILES string of the molecule is Cc1c[nH]nc1C.N=C=O. The molecule has 1 heterocycles. The van der Waals surface area contributed by atoms with Crippen molar-refractivity contribution < 1.29 is 4.79 Å². The molecule has 0 aliphatic carbocycles. The zero-order chi connectivity index (χ0) is 7.98. The summed E-state index contributed by atoms with van der Waals surface area (Å²) in [7, 11) is 0. The minimum absolute atomic E-state index is 0.750. The van der Waals surface area contributed by atoms with Crippen LogP contribution in [0.1, 0.15) is 11.3 Å². The highest BCUT2D eigenvalue weighted by Gasteiger charge is 1.87. The van der Waals surface area contributed by atoms with Crippen molar-refractivity contribution in [3.63, 3.8) is 0 Å². The zero-order valence-corrected chi connectivity index (χ0v) is 5.93. The zero-order valence-electron chi connectivity index (χ0n) is 5.93. The Morgan fingerprint density at radius 2 is 2.20 bits per heavy atom. The number of nitrogens with zero attached hydrogens (tertiary/aromatic N) is 1. The number of aryl methyl sites for hydroxylation is 2. The standard InChI is InChI=1S/C5H8N2.CHNO/c1-4-3-6-7-5(4)2;2-1-3/h3H,1-2H3,(H,6,7);2H. The van der Waals surface area contributed by atoms with Gasteiger partial charge in [-0.25, -0.2) is 10.2 Å². The average molecular weight is 139 g/mol. The van der Waals surface area contributed by atoms with Gasteiger partial charge in [0.25, 0.3) is 0 Å². The summed E-state index contributed by atoms with van der Waals surface area (Å²) >= 11 is 0. The van der Waals surface area contributed by atoms with E-state index in [0.717, 1.165) is 11.8 Å². The van der Waals surface area contributed by atoms with E-state index in [1.165, 1.54) is 5.56 Å². The maximum absolute atomic E-state index is 8.35. The van der Waals surface area contributed by atoms with Crippen LogP contribution in [0.15, 0.2) is 6.20 Å². The second-order valence-electron chi connectivity index (χ2n) is 1.76. The molecule has 4 heteroatoms. The topological polar surface area (TPSA) is 69.6 Å². The fourth-order valence-electron chi connectivity index (χ4n) is 0.419. The van der Waals surface area contributed by atoms with Gasteiger partial charge in [0.05, 0.1) is 5.69 Å². The number of hydrogen-bond acceptors (Lipinski definition) is 3. The van der Waals surface area contributed by atoms with Gasteiger partial charge in [-0.2, -0.15) is 5.10 Å². The first-order chi connectivity index (χ1) is 4.72. The van der Waals surface area contributed by atoms with Gasteiger partial charge in [-0.05, 0) is 19.4 Å². The second-order valence-corrected chi connectivity index (χ2v) is 1.76. The van der Waals surface area contributed by atoms with Crippen LogP contribution in [-0.4, -0.2) is 16.3 Å². The molecule has 54 valence electrons. The summed E-state index contributed by atoms with van der Waals surface area (Å²) < 4.78 is 0. The van der Waals surface area contributed by atoms with Crippen LogP contribution in [0.3, 0.4) is 0 Å². The molecule has 0 radical (unpaired) electrons. The maximum atomic E-state index is 8.35. The molecule has 0 amide bonds. The summed E-state index contributed by atoms with van der Waals surface area (Å²) in [5.41, 5.74) is 2.31. The van der Waals surface area contributed by atoms with Gasteiger partial charge in [-0.3, -0.25) is 5.10 Å². The number of aromatic nitrogens is 2. The van der Waals surface area contributed by atoms with Gasteiger partial charge in [0.2, 0.25) is 6.08 Å². The van der Waals surface area contributed by atoms with Gasteiger partial charge in [0.15, 0.2) is 0 Å². The second kappa shape index (κ2) is 4.47. The molecule has 1 aromatic heterocycles. The summed E-state index contributed by atoms with van der Waals surface area (Å²) in [6.45, 7) is 4.00.